The number of rotatable bonds is 4. The van der Waals surface area contributed by atoms with Crippen LogP contribution in [0.25, 0.3) is 0 Å². The van der Waals surface area contributed by atoms with E-state index in [1.54, 1.807) is 6.92 Å². The molecule has 0 aliphatic carbocycles. The minimum atomic E-state index is -0.194. The van der Waals surface area contributed by atoms with Crippen molar-refractivity contribution >= 4 is 5.97 Å². The molecule has 2 nitrogen and oxygen atoms in total. The predicted molar refractivity (Wildman–Crippen MR) is 66.2 cm³/mol. The van der Waals surface area contributed by atoms with Gasteiger partial charge in [0.25, 0.3) is 0 Å². The number of carbonyl (C=O) groups excluding carboxylic acids is 1. The van der Waals surface area contributed by atoms with Crippen molar-refractivity contribution in [3.63, 3.8) is 0 Å². The average Bonchev–Trinajstić information content (AvgIpc) is 2.42. The van der Waals surface area contributed by atoms with Gasteiger partial charge in [0.2, 0.25) is 0 Å². The molecule has 0 aromatic heterocycles. The predicted octanol–water partition coefficient (Wildman–Crippen LogP) is 0.130. The Morgan fingerprint density at radius 1 is 1.00 bits per heavy atom. The zero-order valence-corrected chi connectivity index (χ0v) is 12.3. The van der Waals surface area contributed by atoms with E-state index in [9.17, 15) is 4.79 Å². The van der Waals surface area contributed by atoms with E-state index >= 15 is 0 Å². The molecule has 0 bridgehead atoms. The number of hydrogen-bond acceptors (Lipinski definition) is 2. The van der Waals surface area contributed by atoms with Crippen LogP contribution in [0.3, 0.4) is 0 Å². The summed E-state index contributed by atoms with van der Waals surface area (Å²) in [7, 11) is 0. The molecule has 0 fully saturated rings. The van der Waals surface area contributed by atoms with Crippen molar-refractivity contribution in [3.05, 3.63) is 61.7 Å². The van der Waals surface area contributed by atoms with Crippen molar-refractivity contribution in [2.24, 2.45) is 0 Å². The van der Waals surface area contributed by atoms with E-state index in [2.05, 4.69) is 24.3 Å². The van der Waals surface area contributed by atoms with Crippen molar-refractivity contribution in [2.45, 2.75) is 13.3 Å². The maximum atomic E-state index is 11.1. The molecule has 2 rings (SSSR count). The van der Waals surface area contributed by atoms with E-state index in [4.69, 9.17) is 4.74 Å². The summed E-state index contributed by atoms with van der Waals surface area (Å²) in [6, 6.07) is 18.3. The van der Waals surface area contributed by atoms with E-state index < -0.39 is 0 Å². The van der Waals surface area contributed by atoms with Crippen molar-refractivity contribution in [1.29, 1.82) is 0 Å². The Bertz CT molecular complexity index is 506. The molecule has 2 aromatic rings. The van der Waals surface area contributed by atoms with E-state index in [0.717, 1.165) is 0 Å². The van der Waals surface area contributed by atoms with Gasteiger partial charge in [0, 0.05) is 0 Å². The maximum absolute atomic E-state index is 11.1. The molecular formula is C15H14IO2-. The fourth-order valence-corrected chi connectivity index (χ4v) is 3.59. The molecule has 94 valence electrons. The summed E-state index contributed by atoms with van der Waals surface area (Å²) in [6.07, 6.45) is 0.401. The summed E-state index contributed by atoms with van der Waals surface area (Å²) >= 11 is -0.149. The Morgan fingerprint density at radius 3 is 2.22 bits per heavy atom. The molecule has 0 aliphatic heterocycles. The number of benzene rings is 2. The number of halogens is 1. The van der Waals surface area contributed by atoms with Crippen molar-refractivity contribution in [2.75, 3.05) is 0 Å². The molecule has 0 amide bonds. The van der Waals surface area contributed by atoms with Crippen molar-refractivity contribution < 1.29 is 30.7 Å². The number of esters is 1. The molecule has 0 N–H and O–H groups in total. The van der Waals surface area contributed by atoms with Crippen molar-refractivity contribution in [1.82, 2.24) is 0 Å². The van der Waals surface area contributed by atoms with Gasteiger partial charge in [-0.2, -0.15) is 0 Å². The molecule has 0 heterocycles. The van der Waals surface area contributed by atoms with Crippen LogP contribution in [0.5, 0.6) is 5.75 Å². The first kappa shape index (κ1) is 13.1. The first-order valence-electron chi connectivity index (χ1n) is 5.78. The van der Waals surface area contributed by atoms with Crippen LogP contribution >= 0.6 is 0 Å². The molecule has 0 saturated carbocycles. The monoisotopic (exact) mass is 353 g/mol. The molecule has 18 heavy (non-hydrogen) atoms. The number of hydrogen-bond donors (Lipinski definition) is 0. The van der Waals surface area contributed by atoms with E-state index in [-0.39, 0.29) is 27.2 Å². The summed E-state index contributed by atoms with van der Waals surface area (Å²) in [6.45, 7) is 1.79. The average molecular weight is 353 g/mol. The SMILES string of the molecule is CCC(=O)Oc1ccc([I-]c2ccccc2)cc1. The Balaban J connectivity index is 2.02. The van der Waals surface area contributed by atoms with Crippen molar-refractivity contribution in [3.8, 4) is 5.75 Å². The fraction of sp³-hybridized carbons (Fsp3) is 0.133. The Hall–Kier alpha value is -1.36. The topological polar surface area (TPSA) is 26.3 Å². The Kier molecular flexibility index (Phi) is 4.75. The number of ether oxygens (including phenoxy) is 1. The Morgan fingerprint density at radius 2 is 1.61 bits per heavy atom. The van der Waals surface area contributed by atoms with Gasteiger partial charge in [-0.3, -0.25) is 0 Å². The summed E-state index contributed by atoms with van der Waals surface area (Å²) in [5, 5.41) is 0. The standard InChI is InChI=1S/C15H14IO2/c1-2-15(17)18-14-10-8-13(9-11-14)16-12-6-4-3-5-7-12/h3-11H,2H2,1H3/q-1. The van der Waals surface area contributed by atoms with Crippen LogP contribution in [0, 0.1) is 7.14 Å². The fourth-order valence-electron chi connectivity index (χ4n) is 1.37. The second-order valence-corrected chi connectivity index (χ2v) is 6.70. The van der Waals surface area contributed by atoms with Crippen LogP contribution in [0.1, 0.15) is 13.3 Å². The van der Waals surface area contributed by atoms with Crippen LogP contribution in [-0.4, -0.2) is 5.97 Å². The molecule has 0 spiro atoms. The van der Waals surface area contributed by atoms with Gasteiger partial charge in [-0.25, -0.2) is 0 Å². The molecule has 2 aromatic carbocycles. The molecule has 3 heteroatoms. The summed E-state index contributed by atoms with van der Waals surface area (Å²) in [4.78, 5) is 11.1. The first-order valence-corrected chi connectivity index (χ1v) is 7.94. The van der Waals surface area contributed by atoms with Crippen LogP contribution in [0.2, 0.25) is 0 Å². The molecular weight excluding hydrogens is 339 g/mol. The first-order chi connectivity index (χ1) is 8.78. The normalized spacial score (nSPS) is 10.3. The molecule has 0 atom stereocenters. The van der Waals surface area contributed by atoms with Gasteiger partial charge in [-0.15, -0.1) is 0 Å². The summed E-state index contributed by atoms with van der Waals surface area (Å²) < 4.78 is 7.84. The van der Waals surface area contributed by atoms with Gasteiger partial charge >= 0.3 is 118 Å². The van der Waals surface area contributed by atoms with E-state index in [1.165, 1.54) is 7.14 Å². The van der Waals surface area contributed by atoms with Gasteiger partial charge in [0.15, 0.2) is 0 Å². The summed E-state index contributed by atoms with van der Waals surface area (Å²) in [5.41, 5.74) is 0. The van der Waals surface area contributed by atoms with Gasteiger partial charge in [-0.05, 0) is 0 Å². The zero-order chi connectivity index (χ0) is 12.8. The molecule has 0 aliphatic rings. The zero-order valence-electron chi connectivity index (χ0n) is 10.1. The van der Waals surface area contributed by atoms with Gasteiger partial charge in [0.05, 0.1) is 0 Å². The Labute approximate surface area is 117 Å². The van der Waals surface area contributed by atoms with Crippen LogP contribution in [0.15, 0.2) is 54.6 Å². The number of carbonyl (C=O) groups is 1. The second-order valence-electron chi connectivity index (χ2n) is 3.67. The quantitative estimate of drug-likeness (QED) is 0.444. The molecule has 0 radical (unpaired) electrons. The minimum absolute atomic E-state index is 0.149. The second kappa shape index (κ2) is 6.54. The third kappa shape index (κ3) is 3.84. The van der Waals surface area contributed by atoms with E-state index in [0.29, 0.717) is 12.2 Å². The van der Waals surface area contributed by atoms with Gasteiger partial charge in [-0.1, -0.05) is 0 Å². The van der Waals surface area contributed by atoms with Crippen LogP contribution in [-0.2, 0) is 4.79 Å². The molecule has 0 saturated heterocycles. The third-order valence-corrected chi connectivity index (χ3v) is 4.97. The summed E-state index contributed by atoms with van der Waals surface area (Å²) in [5.74, 6) is 0.433. The van der Waals surface area contributed by atoms with Gasteiger partial charge in [0.1, 0.15) is 0 Å². The third-order valence-electron chi connectivity index (χ3n) is 2.29. The van der Waals surface area contributed by atoms with E-state index in [1.807, 2.05) is 30.3 Å². The van der Waals surface area contributed by atoms with Crippen LogP contribution < -0.4 is 25.9 Å². The van der Waals surface area contributed by atoms with Gasteiger partial charge < -0.3 is 0 Å². The van der Waals surface area contributed by atoms with Crippen LogP contribution in [0.4, 0.5) is 0 Å². The molecule has 0 unspecified atom stereocenters.